The van der Waals surface area contributed by atoms with Crippen LogP contribution in [-0.4, -0.2) is 17.7 Å². The lowest BCUT2D eigenvalue weighted by Gasteiger charge is -2.07. The molecule has 1 aromatic heterocycles. The summed E-state index contributed by atoms with van der Waals surface area (Å²) in [6, 6.07) is 7.70. The van der Waals surface area contributed by atoms with Crippen molar-refractivity contribution >= 4 is 11.6 Å². The number of aryl methyl sites for hydroxylation is 3. The molecule has 1 heterocycles. The average molecular weight is 272 g/mol. The molecular weight excluding hydrogens is 256 g/mol. The number of carbonyl (C=O) groups is 1. The Morgan fingerprint density at radius 1 is 1.35 bits per heavy atom. The number of hydrogen-bond acceptors (Lipinski definition) is 4. The van der Waals surface area contributed by atoms with Crippen molar-refractivity contribution in [3.05, 3.63) is 41.2 Å². The van der Waals surface area contributed by atoms with Crippen molar-refractivity contribution in [3.63, 3.8) is 0 Å². The molecule has 0 fully saturated rings. The summed E-state index contributed by atoms with van der Waals surface area (Å²) < 4.78 is 10.1. The molecule has 1 amide bonds. The largest absolute Gasteiger partial charge is 0.465 e. The lowest BCUT2D eigenvalue weighted by molar-refractivity contribution is -0.118. The number of hydrogen-bond donors (Lipinski definition) is 1. The fourth-order valence-electron chi connectivity index (χ4n) is 2.40. The van der Waals surface area contributed by atoms with E-state index in [9.17, 15) is 4.79 Å². The summed E-state index contributed by atoms with van der Waals surface area (Å²) in [5, 5.41) is 6.49. The summed E-state index contributed by atoms with van der Waals surface area (Å²) in [4.78, 5) is 11.8. The molecule has 2 aromatic rings. The fourth-order valence-corrected chi connectivity index (χ4v) is 2.40. The van der Waals surface area contributed by atoms with Crippen molar-refractivity contribution in [1.82, 2.24) is 5.16 Å². The lowest BCUT2D eigenvalue weighted by atomic mass is 10.1. The molecule has 3 rings (SSSR count). The standard InChI is InChI=1S/C15H16N2O3/c1-10-7-15(17-20-10)19-9-14(18)16-13-6-5-11-3-2-4-12(11)8-13/h5-8H,2-4,9H2,1H3,(H,16,18). The second-order valence-corrected chi connectivity index (χ2v) is 4.95. The van der Waals surface area contributed by atoms with E-state index in [1.807, 2.05) is 12.1 Å². The number of nitrogens with zero attached hydrogens (tertiary/aromatic N) is 1. The summed E-state index contributed by atoms with van der Waals surface area (Å²) in [5.74, 6) is 0.772. The quantitative estimate of drug-likeness (QED) is 0.928. The number of nitrogens with one attached hydrogen (secondary N) is 1. The minimum absolute atomic E-state index is 0.0803. The minimum atomic E-state index is -0.205. The molecule has 0 radical (unpaired) electrons. The molecule has 1 N–H and O–H groups in total. The molecule has 0 bridgehead atoms. The van der Waals surface area contributed by atoms with E-state index < -0.39 is 0 Å². The van der Waals surface area contributed by atoms with E-state index in [4.69, 9.17) is 9.26 Å². The van der Waals surface area contributed by atoms with Crippen LogP contribution < -0.4 is 10.1 Å². The van der Waals surface area contributed by atoms with Crippen molar-refractivity contribution in [1.29, 1.82) is 0 Å². The van der Waals surface area contributed by atoms with Gasteiger partial charge in [0.15, 0.2) is 6.61 Å². The number of aromatic nitrogens is 1. The van der Waals surface area contributed by atoms with Crippen LogP contribution in [0.15, 0.2) is 28.8 Å². The molecule has 0 aliphatic heterocycles. The molecule has 5 nitrogen and oxygen atoms in total. The minimum Gasteiger partial charge on any atom is -0.465 e. The second-order valence-electron chi connectivity index (χ2n) is 4.95. The van der Waals surface area contributed by atoms with E-state index in [0.717, 1.165) is 18.5 Å². The van der Waals surface area contributed by atoms with Crippen LogP contribution in [0.5, 0.6) is 5.88 Å². The van der Waals surface area contributed by atoms with E-state index in [1.54, 1.807) is 13.0 Å². The Morgan fingerprint density at radius 3 is 3.00 bits per heavy atom. The van der Waals surface area contributed by atoms with Gasteiger partial charge >= 0.3 is 0 Å². The van der Waals surface area contributed by atoms with Gasteiger partial charge in [-0.25, -0.2) is 0 Å². The van der Waals surface area contributed by atoms with E-state index >= 15 is 0 Å². The first-order chi connectivity index (χ1) is 9.70. The Balaban J connectivity index is 1.56. The van der Waals surface area contributed by atoms with E-state index in [0.29, 0.717) is 11.6 Å². The molecule has 1 aliphatic rings. The number of rotatable bonds is 4. The smallest absolute Gasteiger partial charge is 0.262 e. The maximum atomic E-state index is 11.8. The molecule has 5 heteroatoms. The molecule has 1 aromatic carbocycles. The van der Waals surface area contributed by atoms with E-state index in [-0.39, 0.29) is 12.5 Å². The van der Waals surface area contributed by atoms with Crippen LogP contribution in [0, 0.1) is 6.92 Å². The van der Waals surface area contributed by atoms with E-state index in [2.05, 4.69) is 16.5 Å². The lowest BCUT2D eigenvalue weighted by Crippen LogP contribution is -2.20. The summed E-state index contributed by atoms with van der Waals surface area (Å²) in [5.41, 5.74) is 3.53. The Bertz CT molecular complexity index is 634. The van der Waals surface area contributed by atoms with Crippen LogP contribution in [0.4, 0.5) is 5.69 Å². The fraction of sp³-hybridized carbons (Fsp3) is 0.333. The van der Waals surface area contributed by atoms with Crippen LogP contribution in [0.25, 0.3) is 0 Å². The summed E-state index contributed by atoms with van der Waals surface area (Å²) in [6.45, 7) is 1.69. The zero-order valence-corrected chi connectivity index (χ0v) is 11.3. The molecular formula is C15H16N2O3. The maximum absolute atomic E-state index is 11.8. The van der Waals surface area contributed by atoms with Gasteiger partial charge in [0.1, 0.15) is 5.76 Å². The molecule has 104 valence electrons. The number of amides is 1. The van der Waals surface area contributed by atoms with Gasteiger partial charge in [-0.3, -0.25) is 4.79 Å². The first kappa shape index (κ1) is 12.7. The van der Waals surface area contributed by atoms with Gasteiger partial charge < -0.3 is 14.6 Å². The van der Waals surface area contributed by atoms with Crippen molar-refractivity contribution in [2.75, 3.05) is 11.9 Å². The highest BCUT2D eigenvalue weighted by Gasteiger charge is 2.12. The normalized spacial score (nSPS) is 13.1. The van der Waals surface area contributed by atoms with Crippen LogP contribution in [0.2, 0.25) is 0 Å². The molecule has 0 saturated heterocycles. The van der Waals surface area contributed by atoms with Crippen LogP contribution in [-0.2, 0) is 17.6 Å². The molecule has 0 atom stereocenters. The highest BCUT2D eigenvalue weighted by atomic mass is 16.5. The van der Waals surface area contributed by atoms with Gasteiger partial charge in [-0.1, -0.05) is 6.07 Å². The van der Waals surface area contributed by atoms with Gasteiger partial charge in [0.05, 0.1) is 0 Å². The number of anilines is 1. The predicted octanol–water partition coefficient (Wildman–Crippen LogP) is 2.49. The van der Waals surface area contributed by atoms with Crippen LogP contribution >= 0.6 is 0 Å². The third-order valence-corrected chi connectivity index (χ3v) is 3.34. The van der Waals surface area contributed by atoms with Crippen molar-refractivity contribution in [2.45, 2.75) is 26.2 Å². The number of carbonyl (C=O) groups excluding carboxylic acids is 1. The first-order valence-corrected chi connectivity index (χ1v) is 6.68. The zero-order valence-electron chi connectivity index (χ0n) is 11.3. The first-order valence-electron chi connectivity index (χ1n) is 6.68. The Kier molecular flexibility index (Phi) is 3.41. The van der Waals surface area contributed by atoms with Gasteiger partial charge in [0.2, 0.25) is 0 Å². The Labute approximate surface area is 116 Å². The third kappa shape index (κ3) is 2.82. The molecule has 0 spiro atoms. The average Bonchev–Trinajstić information content (AvgIpc) is 3.04. The van der Waals surface area contributed by atoms with Crippen molar-refractivity contribution < 1.29 is 14.1 Å². The van der Waals surface area contributed by atoms with Gasteiger partial charge in [-0.05, 0) is 54.6 Å². The van der Waals surface area contributed by atoms with E-state index in [1.165, 1.54) is 17.5 Å². The Morgan fingerprint density at radius 2 is 2.20 bits per heavy atom. The predicted molar refractivity (Wildman–Crippen MR) is 73.8 cm³/mol. The number of ether oxygens (including phenoxy) is 1. The van der Waals surface area contributed by atoms with Gasteiger partial charge in [0.25, 0.3) is 11.8 Å². The maximum Gasteiger partial charge on any atom is 0.262 e. The van der Waals surface area contributed by atoms with Gasteiger partial charge in [0, 0.05) is 11.8 Å². The van der Waals surface area contributed by atoms with Gasteiger partial charge in [-0.15, -0.1) is 0 Å². The molecule has 1 aliphatic carbocycles. The van der Waals surface area contributed by atoms with Crippen molar-refractivity contribution in [3.8, 4) is 5.88 Å². The zero-order chi connectivity index (χ0) is 13.9. The second kappa shape index (κ2) is 5.36. The monoisotopic (exact) mass is 272 g/mol. The number of fused-ring (bicyclic) bond motifs is 1. The van der Waals surface area contributed by atoms with Crippen LogP contribution in [0.3, 0.4) is 0 Å². The van der Waals surface area contributed by atoms with Crippen molar-refractivity contribution in [2.24, 2.45) is 0 Å². The van der Waals surface area contributed by atoms with Crippen LogP contribution in [0.1, 0.15) is 23.3 Å². The summed E-state index contributed by atoms with van der Waals surface area (Å²) >= 11 is 0. The topological polar surface area (TPSA) is 64.4 Å². The molecule has 0 unspecified atom stereocenters. The van der Waals surface area contributed by atoms with Gasteiger partial charge in [-0.2, -0.15) is 0 Å². The summed E-state index contributed by atoms with van der Waals surface area (Å²) in [6.07, 6.45) is 3.42. The molecule has 0 saturated carbocycles. The number of benzene rings is 1. The SMILES string of the molecule is Cc1cc(OCC(=O)Nc2ccc3c(c2)CCC3)no1. The Hall–Kier alpha value is -2.30. The highest BCUT2D eigenvalue weighted by Crippen LogP contribution is 2.24. The molecule has 20 heavy (non-hydrogen) atoms. The summed E-state index contributed by atoms with van der Waals surface area (Å²) in [7, 11) is 0. The highest BCUT2D eigenvalue weighted by molar-refractivity contribution is 5.92. The third-order valence-electron chi connectivity index (χ3n) is 3.34.